The van der Waals surface area contributed by atoms with Gasteiger partial charge in [-0.3, -0.25) is 14.6 Å². The van der Waals surface area contributed by atoms with Crippen LogP contribution in [0.1, 0.15) is 41.6 Å². The minimum atomic E-state index is -0.729. The molecule has 1 aromatic heterocycles. The van der Waals surface area contributed by atoms with E-state index in [1.54, 1.807) is 37.7 Å². The van der Waals surface area contributed by atoms with Gasteiger partial charge in [0.25, 0.3) is 5.91 Å². The Morgan fingerprint density at radius 1 is 1.29 bits per heavy atom. The normalized spacial score (nSPS) is 28.4. The first-order valence-electron chi connectivity index (χ1n) is 10.9. The summed E-state index contributed by atoms with van der Waals surface area (Å²) < 4.78 is 11.7. The molecule has 2 heterocycles. The standard InChI is InChI=1S/C24H27N3O4/c1-30-18-4-5-19-21(13-18)31-24(27-23(19)29)14-16-2-3-17(24)12-20(16)22(28)26-11-8-15-6-9-25-10-7-15/h4-7,9-10,13,16-17,20H,2-3,8,11-12,14H2,1H3,(H,26,28)(H,27,29)/t16-,17+,20+,24-/m1/s1. The van der Waals surface area contributed by atoms with Gasteiger partial charge in [0.15, 0.2) is 5.72 Å². The van der Waals surface area contributed by atoms with Crippen molar-refractivity contribution in [1.82, 2.24) is 15.6 Å². The molecular formula is C24H27N3O4. The van der Waals surface area contributed by atoms with E-state index in [0.717, 1.165) is 31.2 Å². The maximum Gasteiger partial charge on any atom is 0.258 e. The van der Waals surface area contributed by atoms with E-state index in [9.17, 15) is 9.59 Å². The summed E-state index contributed by atoms with van der Waals surface area (Å²) >= 11 is 0. The van der Waals surface area contributed by atoms with Crippen molar-refractivity contribution in [3.05, 3.63) is 53.9 Å². The minimum absolute atomic E-state index is 0.0333. The van der Waals surface area contributed by atoms with Crippen molar-refractivity contribution < 1.29 is 19.1 Å². The number of amides is 2. The number of methoxy groups -OCH3 is 1. The number of ether oxygens (including phenoxy) is 2. The van der Waals surface area contributed by atoms with Gasteiger partial charge < -0.3 is 20.1 Å². The Morgan fingerprint density at radius 2 is 2.13 bits per heavy atom. The fraction of sp³-hybridized carbons (Fsp3) is 0.458. The second-order valence-electron chi connectivity index (χ2n) is 8.78. The molecule has 1 aliphatic heterocycles. The molecule has 3 aliphatic carbocycles. The van der Waals surface area contributed by atoms with Gasteiger partial charge in [-0.1, -0.05) is 0 Å². The molecule has 7 nitrogen and oxygen atoms in total. The molecule has 2 aromatic rings. The molecular weight excluding hydrogens is 394 g/mol. The first-order chi connectivity index (χ1) is 15.1. The number of benzene rings is 1. The molecule has 2 amide bonds. The van der Waals surface area contributed by atoms with Gasteiger partial charge in [-0.05, 0) is 61.4 Å². The number of aromatic nitrogens is 1. The van der Waals surface area contributed by atoms with Gasteiger partial charge in [-0.15, -0.1) is 0 Å². The third-order valence-electron chi connectivity index (χ3n) is 7.07. The lowest BCUT2D eigenvalue weighted by atomic mass is 9.60. The predicted molar refractivity (Wildman–Crippen MR) is 114 cm³/mol. The predicted octanol–water partition coefficient (Wildman–Crippen LogP) is 2.70. The number of rotatable bonds is 5. The zero-order valence-electron chi connectivity index (χ0n) is 17.6. The Balaban J connectivity index is 1.26. The summed E-state index contributed by atoms with van der Waals surface area (Å²) in [6, 6.07) is 9.21. The van der Waals surface area contributed by atoms with Crippen LogP contribution in [0.3, 0.4) is 0 Å². The lowest BCUT2D eigenvalue weighted by Gasteiger charge is -2.55. The van der Waals surface area contributed by atoms with Gasteiger partial charge in [0.2, 0.25) is 5.91 Å². The second kappa shape index (κ2) is 7.87. The van der Waals surface area contributed by atoms with Crippen molar-refractivity contribution >= 4 is 11.8 Å². The molecule has 3 fully saturated rings. The number of hydrogen-bond donors (Lipinski definition) is 2. The second-order valence-corrected chi connectivity index (χ2v) is 8.78. The van der Waals surface area contributed by atoms with Crippen molar-refractivity contribution in [2.75, 3.05) is 13.7 Å². The first kappa shape index (κ1) is 19.8. The topological polar surface area (TPSA) is 89.6 Å². The summed E-state index contributed by atoms with van der Waals surface area (Å²) in [5.41, 5.74) is 0.956. The van der Waals surface area contributed by atoms with E-state index in [0.29, 0.717) is 30.0 Å². The highest BCUT2D eigenvalue weighted by Gasteiger charge is 2.57. The van der Waals surface area contributed by atoms with E-state index in [1.807, 2.05) is 12.1 Å². The molecule has 2 bridgehead atoms. The van der Waals surface area contributed by atoms with E-state index in [4.69, 9.17) is 9.47 Å². The van der Waals surface area contributed by atoms with Gasteiger partial charge in [-0.25, -0.2) is 0 Å². The molecule has 3 saturated carbocycles. The Kier molecular flexibility index (Phi) is 5.04. The monoisotopic (exact) mass is 421 g/mol. The summed E-state index contributed by atoms with van der Waals surface area (Å²) in [5.74, 6) is 1.49. The summed E-state index contributed by atoms with van der Waals surface area (Å²) in [4.78, 5) is 29.8. The maximum absolute atomic E-state index is 12.9. The summed E-state index contributed by atoms with van der Waals surface area (Å²) in [6.07, 6.45) is 7.64. The van der Waals surface area contributed by atoms with Gasteiger partial charge in [0, 0.05) is 43.3 Å². The largest absolute Gasteiger partial charge is 0.497 e. The van der Waals surface area contributed by atoms with Crippen LogP contribution in [0.4, 0.5) is 0 Å². The molecule has 7 heteroatoms. The number of nitrogens with zero attached hydrogens (tertiary/aromatic N) is 1. The van der Waals surface area contributed by atoms with Gasteiger partial charge in [0.1, 0.15) is 11.5 Å². The van der Waals surface area contributed by atoms with E-state index >= 15 is 0 Å². The van der Waals surface area contributed by atoms with E-state index < -0.39 is 5.72 Å². The first-order valence-corrected chi connectivity index (χ1v) is 10.9. The molecule has 162 valence electrons. The van der Waals surface area contributed by atoms with Crippen LogP contribution in [-0.2, 0) is 11.2 Å². The van der Waals surface area contributed by atoms with Crippen molar-refractivity contribution in [3.63, 3.8) is 0 Å². The Hall–Kier alpha value is -3.09. The molecule has 0 radical (unpaired) electrons. The third-order valence-corrected chi connectivity index (χ3v) is 7.07. The average molecular weight is 421 g/mol. The van der Waals surface area contributed by atoms with Gasteiger partial charge >= 0.3 is 0 Å². The van der Waals surface area contributed by atoms with Crippen LogP contribution >= 0.6 is 0 Å². The number of carbonyl (C=O) groups excluding carboxylic acids is 2. The third kappa shape index (κ3) is 3.62. The molecule has 2 N–H and O–H groups in total. The Bertz CT molecular complexity index is 996. The minimum Gasteiger partial charge on any atom is -0.497 e. The number of hydrogen-bond acceptors (Lipinski definition) is 5. The number of nitrogens with one attached hydrogen (secondary N) is 2. The van der Waals surface area contributed by atoms with Crippen LogP contribution in [0.5, 0.6) is 11.5 Å². The van der Waals surface area contributed by atoms with Crippen molar-refractivity contribution in [2.45, 2.75) is 37.8 Å². The molecule has 1 spiro atoms. The Labute approximate surface area is 181 Å². The lowest BCUT2D eigenvalue weighted by molar-refractivity contribution is -0.146. The molecule has 4 atom stereocenters. The number of pyridine rings is 1. The average Bonchev–Trinajstić information content (AvgIpc) is 2.79. The van der Waals surface area contributed by atoms with Crippen LogP contribution in [0.2, 0.25) is 0 Å². The fourth-order valence-corrected chi connectivity index (χ4v) is 5.45. The molecule has 4 aliphatic rings. The summed E-state index contributed by atoms with van der Waals surface area (Å²) in [5, 5.41) is 6.25. The zero-order valence-corrected chi connectivity index (χ0v) is 17.6. The van der Waals surface area contributed by atoms with Crippen LogP contribution in [0, 0.1) is 17.8 Å². The smallest absolute Gasteiger partial charge is 0.258 e. The SMILES string of the molecule is COc1ccc2c(c1)O[C@@]1(C[C@H]3CC[C@H]1C[C@@H]3C(=O)NCCc1ccncc1)NC2=O. The highest BCUT2D eigenvalue weighted by atomic mass is 16.5. The summed E-state index contributed by atoms with van der Waals surface area (Å²) in [7, 11) is 1.60. The van der Waals surface area contributed by atoms with Crippen molar-refractivity contribution in [1.29, 1.82) is 0 Å². The molecule has 1 aromatic carbocycles. The quantitative estimate of drug-likeness (QED) is 0.775. The van der Waals surface area contributed by atoms with E-state index in [-0.39, 0.29) is 29.6 Å². The number of fused-ring (bicyclic) bond motifs is 3. The highest BCUT2D eigenvalue weighted by Crippen LogP contribution is 2.52. The van der Waals surface area contributed by atoms with Gasteiger partial charge in [0.05, 0.1) is 12.7 Å². The summed E-state index contributed by atoms with van der Waals surface area (Å²) in [6.45, 7) is 0.613. The molecule has 0 saturated heterocycles. The Morgan fingerprint density at radius 3 is 2.87 bits per heavy atom. The van der Waals surface area contributed by atoms with Crippen LogP contribution in [-0.4, -0.2) is 36.2 Å². The molecule has 31 heavy (non-hydrogen) atoms. The van der Waals surface area contributed by atoms with E-state index in [2.05, 4.69) is 15.6 Å². The maximum atomic E-state index is 12.9. The zero-order chi connectivity index (χ0) is 21.4. The number of carbonyl (C=O) groups is 2. The lowest BCUT2D eigenvalue weighted by Crippen LogP contribution is -2.67. The van der Waals surface area contributed by atoms with Crippen LogP contribution < -0.4 is 20.1 Å². The van der Waals surface area contributed by atoms with Crippen molar-refractivity contribution in [3.8, 4) is 11.5 Å². The van der Waals surface area contributed by atoms with E-state index in [1.165, 1.54) is 0 Å². The fourth-order valence-electron chi connectivity index (χ4n) is 5.45. The van der Waals surface area contributed by atoms with Crippen LogP contribution in [0.25, 0.3) is 0 Å². The van der Waals surface area contributed by atoms with Crippen LogP contribution in [0.15, 0.2) is 42.7 Å². The molecule has 6 rings (SSSR count). The van der Waals surface area contributed by atoms with Crippen molar-refractivity contribution in [2.24, 2.45) is 17.8 Å². The van der Waals surface area contributed by atoms with Gasteiger partial charge in [-0.2, -0.15) is 0 Å². The highest BCUT2D eigenvalue weighted by molar-refractivity contribution is 5.98. The molecule has 0 unspecified atom stereocenters.